The first-order chi connectivity index (χ1) is 11.9. The van der Waals surface area contributed by atoms with Gasteiger partial charge in [0.15, 0.2) is 4.32 Å². The number of hydrogen-bond donors (Lipinski definition) is 1. The van der Waals surface area contributed by atoms with E-state index in [1.54, 1.807) is 18.2 Å². The zero-order valence-electron chi connectivity index (χ0n) is 13.2. The topological polar surface area (TPSA) is 66.5 Å². The van der Waals surface area contributed by atoms with Crippen molar-refractivity contribution in [1.29, 1.82) is 0 Å². The first kappa shape index (κ1) is 17.8. The van der Waals surface area contributed by atoms with Crippen LogP contribution in [0.25, 0.3) is 6.08 Å². The van der Waals surface area contributed by atoms with Gasteiger partial charge in [0, 0.05) is 0 Å². The Bertz CT molecular complexity index is 952. The SMILES string of the molecule is Cc1ccc(S(=O)(=O)NN2C(=O)C(=Cc3ccccc3)SC2=S)cc1. The summed E-state index contributed by atoms with van der Waals surface area (Å²) in [4.78, 5) is 15.2. The van der Waals surface area contributed by atoms with E-state index in [1.807, 2.05) is 37.3 Å². The Kier molecular flexibility index (Phi) is 5.05. The number of benzene rings is 2. The molecule has 0 aliphatic carbocycles. The largest absolute Gasteiger partial charge is 0.281 e. The van der Waals surface area contributed by atoms with Gasteiger partial charge in [-0.05, 0) is 30.7 Å². The van der Waals surface area contributed by atoms with Crippen LogP contribution in [-0.2, 0) is 14.8 Å². The normalized spacial score (nSPS) is 16.7. The number of carbonyl (C=O) groups excluding carboxylic acids is 1. The van der Waals surface area contributed by atoms with Gasteiger partial charge in [0.25, 0.3) is 15.9 Å². The third kappa shape index (κ3) is 3.98. The number of thiocarbonyl (C=S) groups is 1. The third-order valence-electron chi connectivity index (χ3n) is 3.43. The first-order valence-electron chi connectivity index (χ1n) is 7.29. The molecule has 1 heterocycles. The monoisotopic (exact) mass is 390 g/mol. The van der Waals surface area contributed by atoms with E-state index in [4.69, 9.17) is 12.2 Å². The lowest BCUT2D eigenvalue weighted by Crippen LogP contribution is -2.44. The van der Waals surface area contributed by atoms with Crippen LogP contribution in [0.3, 0.4) is 0 Å². The molecule has 128 valence electrons. The van der Waals surface area contributed by atoms with Gasteiger partial charge < -0.3 is 0 Å². The van der Waals surface area contributed by atoms with Crippen molar-refractivity contribution < 1.29 is 13.2 Å². The predicted octanol–water partition coefficient (Wildman–Crippen LogP) is 3.09. The molecule has 1 saturated heterocycles. The Labute approximate surface area is 155 Å². The molecular formula is C17H14N2O3S3. The molecular weight excluding hydrogens is 376 g/mol. The fourth-order valence-electron chi connectivity index (χ4n) is 2.14. The Morgan fingerprint density at radius 2 is 1.72 bits per heavy atom. The van der Waals surface area contributed by atoms with Crippen molar-refractivity contribution >= 4 is 50.3 Å². The Hall–Kier alpha value is -2.00. The Balaban J connectivity index is 1.83. The summed E-state index contributed by atoms with van der Waals surface area (Å²) < 4.78 is 25.1. The van der Waals surface area contributed by atoms with Crippen LogP contribution >= 0.6 is 24.0 Å². The number of hydrogen-bond acceptors (Lipinski definition) is 5. The first-order valence-corrected chi connectivity index (χ1v) is 10.00. The van der Waals surface area contributed by atoms with Crippen LogP contribution in [0, 0.1) is 6.92 Å². The summed E-state index contributed by atoms with van der Waals surface area (Å²) in [6, 6.07) is 15.6. The maximum atomic E-state index is 12.5. The summed E-state index contributed by atoms with van der Waals surface area (Å²) in [6.45, 7) is 1.86. The van der Waals surface area contributed by atoms with Crippen molar-refractivity contribution in [2.45, 2.75) is 11.8 Å². The highest BCUT2D eigenvalue weighted by molar-refractivity contribution is 8.26. The molecule has 1 N–H and O–H groups in total. The number of sulfonamides is 1. The summed E-state index contributed by atoms with van der Waals surface area (Å²) in [5.41, 5.74) is 1.78. The molecule has 1 aliphatic heterocycles. The second-order valence-electron chi connectivity index (χ2n) is 5.34. The minimum atomic E-state index is -3.90. The van der Waals surface area contributed by atoms with Crippen molar-refractivity contribution in [3.8, 4) is 0 Å². The quantitative estimate of drug-likeness (QED) is 0.642. The molecule has 0 radical (unpaired) electrons. The number of hydrazine groups is 1. The average Bonchev–Trinajstić information content (AvgIpc) is 2.83. The maximum Gasteiger partial charge on any atom is 0.281 e. The van der Waals surface area contributed by atoms with Gasteiger partial charge in [0.2, 0.25) is 0 Å². The molecule has 8 heteroatoms. The fraction of sp³-hybridized carbons (Fsp3) is 0.0588. The summed E-state index contributed by atoms with van der Waals surface area (Å²) >= 11 is 6.21. The molecule has 1 fully saturated rings. The van der Waals surface area contributed by atoms with Gasteiger partial charge in [-0.25, -0.2) is 13.4 Å². The minimum absolute atomic E-state index is 0.0687. The minimum Gasteiger partial charge on any atom is -0.267 e. The third-order valence-corrected chi connectivity index (χ3v) is 6.05. The molecule has 0 atom stereocenters. The van der Waals surface area contributed by atoms with Crippen molar-refractivity contribution in [3.63, 3.8) is 0 Å². The van der Waals surface area contributed by atoms with E-state index in [9.17, 15) is 13.2 Å². The maximum absolute atomic E-state index is 12.5. The average molecular weight is 391 g/mol. The zero-order valence-corrected chi connectivity index (χ0v) is 15.6. The van der Waals surface area contributed by atoms with E-state index >= 15 is 0 Å². The number of rotatable bonds is 4. The van der Waals surface area contributed by atoms with E-state index in [-0.39, 0.29) is 9.22 Å². The molecule has 25 heavy (non-hydrogen) atoms. The number of thioether (sulfide) groups is 1. The van der Waals surface area contributed by atoms with Gasteiger partial charge in [-0.2, -0.15) is 0 Å². The van der Waals surface area contributed by atoms with Crippen LogP contribution in [0.5, 0.6) is 0 Å². The number of aryl methyl sites for hydroxylation is 1. The highest BCUT2D eigenvalue weighted by Crippen LogP contribution is 2.31. The van der Waals surface area contributed by atoms with Crippen LogP contribution in [0.15, 0.2) is 64.4 Å². The van der Waals surface area contributed by atoms with Crippen LogP contribution in [0.2, 0.25) is 0 Å². The Morgan fingerprint density at radius 3 is 2.36 bits per heavy atom. The van der Waals surface area contributed by atoms with Crippen molar-refractivity contribution in [2.75, 3.05) is 0 Å². The van der Waals surface area contributed by atoms with E-state index in [0.717, 1.165) is 27.9 Å². The van der Waals surface area contributed by atoms with Crippen LogP contribution in [0.1, 0.15) is 11.1 Å². The molecule has 0 saturated carbocycles. The van der Waals surface area contributed by atoms with Gasteiger partial charge in [-0.1, -0.05) is 72.0 Å². The van der Waals surface area contributed by atoms with Crippen molar-refractivity contribution in [3.05, 3.63) is 70.6 Å². The van der Waals surface area contributed by atoms with Gasteiger partial charge in [0.1, 0.15) is 0 Å². The van der Waals surface area contributed by atoms with E-state index in [2.05, 4.69) is 4.83 Å². The highest BCUT2D eigenvalue weighted by Gasteiger charge is 2.35. The summed E-state index contributed by atoms with van der Waals surface area (Å²) in [5, 5.41) is 0.893. The lowest BCUT2D eigenvalue weighted by atomic mass is 10.2. The highest BCUT2D eigenvalue weighted by atomic mass is 32.2. The van der Waals surface area contributed by atoms with Crippen LogP contribution in [0.4, 0.5) is 0 Å². The number of carbonyl (C=O) groups is 1. The lowest BCUT2D eigenvalue weighted by Gasteiger charge is -2.16. The second-order valence-corrected chi connectivity index (χ2v) is 8.67. The van der Waals surface area contributed by atoms with Gasteiger partial charge in [-0.3, -0.25) is 4.79 Å². The predicted molar refractivity (Wildman–Crippen MR) is 103 cm³/mol. The summed E-state index contributed by atoms with van der Waals surface area (Å²) in [7, 11) is -3.90. The summed E-state index contributed by atoms with van der Waals surface area (Å²) in [5.74, 6) is -0.491. The molecule has 2 aromatic carbocycles. The van der Waals surface area contributed by atoms with E-state index < -0.39 is 15.9 Å². The van der Waals surface area contributed by atoms with Crippen LogP contribution in [-0.4, -0.2) is 23.7 Å². The fourth-order valence-corrected chi connectivity index (χ4v) is 4.45. The number of nitrogens with one attached hydrogen (secondary N) is 1. The number of amides is 1. The molecule has 1 amide bonds. The smallest absolute Gasteiger partial charge is 0.267 e. The molecule has 0 unspecified atom stereocenters. The second kappa shape index (κ2) is 7.09. The zero-order chi connectivity index (χ0) is 18.0. The molecule has 3 rings (SSSR count). The molecule has 5 nitrogen and oxygen atoms in total. The summed E-state index contributed by atoms with van der Waals surface area (Å²) in [6.07, 6.45) is 1.68. The van der Waals surface area contributed by atoms with Gasteiger partial charge in [-0.15, -0.1) is 4.83 Å². The molecule has 1 aliphatic rings. The van der Waals surface area contributed by atoms with Gasteiger partial charge >= 0.3 is 0 Å². The van der Waals surface area contributed by atoms with Crippen LogP contribution < -0.4 is 4.83 Å². The molecule has 0 aromatic heterocycles. The van der Waals surface area contributed by atoms with E-state index in [0.29, 0.717) is 4.91 Å². The molecule has 0 bridgehead atoms. The molecule has 0 spiro atoms. The van der Waals surface area contributed by atoms with Crippen molar-refractivity contribution in [2.24, 2.45) is 0 Å². The standard InChI is InChI=1S/C17H14N2O3S3/c1-12-7-9-14(10-8-12)25(21,22)18-19-16(20)15(24-17(19)23)11-13-5-3-2-4-6-13/h2-11,18H,1H3. The molecule has 2 aromatic rings. The van der Waals surface area contributed by atoms with Gasteiger partial charge in [0.05, 0.1) is 9.80 Å². The lowest BCUT2D eigenvalue weighted by molar-refractivity contribution is -0.123. The van der Waals surface area contributed by atoms with Crippen molar-refractivity contribution in [1.82, 2.24) is 9.84 Å². The number of nitrogens with zero attached hydrogens (tertiary/aromatic N) is 1. The van der Waals surface area contributed by atoms with E-state index in [1.165, 1.54) is 12.1 Å². The Morgan fingerprint density at radius 1 is 1.08 bits per heavy atom.